The van der Waals surface area contributed by atoms with E-state index < -0.39 is 0 Å². The van der Waals surface area contributed by atoms with E-state index in [2.05, 4.69) is 58.5 Å². The third kappa shape index (κ3) is 2.83. The molecule has 0 radical (unpaired) electrons. The first kappa shape index (κ1) is 14.7. The van der Waals surface area contributed by atoms with E-state index in [-0.39, 0.29) is 0 Å². The number of benzene rings is 2. The molecule has 4 heteroatoms. The molecule has 4 nitrogen and oxygen atoms in total. The summed E-state index contributed by atoms with van der Waals surface area (Å²) in [6.45, 7) is 5.04. The van der Waals surface area contributed by atoms with Gasteiger partial charge >= 0.3 is 0 Å². The Hall–Kier alpha value is -2.88. The fourth-order valence-corrected chi connectivity index (χ4v) is 3.09. The van der Waals surface area contributed by atoms with Gasteiger partial charge in [0.2, 0.25) is 5.95 Å². The Bertz CT molecular complexity index is 871. The lowest BCUT2D eigenvalue weighted by Crippen LogP contribution is -2.16. The number of hydrogen-bond acceptors (Lipinski definition) is 4. The highest BCUT2D eigenvalue weighted by Crippen LogP contribution is 2.33. The largest absolute Gasteiger partial charge is 0.326 e. The average molecular weight is 316 g/mol. The van der Waals surface area contributed by atoms with Crippen molar-refractivity contribution >= 4 is 23.1 Å². The molecule has 2 heterocycles. The monoisotopic (exact) mass is 316 g/mol. The van der Waals surface area contributed by atoms with Crippen LogP contribution < -0.4 is 10.2 Å². The SMILES string of the molecule is Cc1ccc(Nc2nc(C)cc(N3CCc4ccccc43)n2)cc1. The number of para-hydroxylation sites is 1. The molecule has 3 aromatic rings. The van der Waals surface area contributed by atoms with Gasteiger partial charge in [-0.3, -0.25) is 0 Å². The molecule has 1 N–H and O–H groups in total. The first-order chi connectivity index (χ1) is 11.7. The van der Waals surface area contributed by atoms with Crippen LogP contribution in [-0.2, 0) is 6.42 Å². The van der Waals surface area contributed by atoms with Gasteiger partial charge in [0.25, 0.3) is 0 Å². The number of fused-ring (bicyclic) bond motifs is 1. The normalized spacial score (nSPS) is 13.0. The number of hydrogen-bond donors (Lipinski definition) is 1. The van der Waals surface area contributed by atoms with Crippen LogP contribution in [0.1, 0.15) is 16.8 Å². The Morgan fingerprint density at radius 3 is 2.58 bits per heavy atom. The second-order valence-electron chi connectivity index (χ2n) is 6.21. The van der Waals surface area contributed by atoms with Gasteiger partial charge in [-0.2, -0.15) is 4.98 Å². The summed E-state index contributed by atoms with van der Waals surface area (Å²) in [5.41, 5.74) is 5.82. The molecule has 0 saturated heterocycles. The van der Waals surface area contributed by atoms with Gasteiger partial charge < -0.3 is 10.2 Å². The van der Waals surface area contributed by atoms with Crippen molar-refractivity contribution in [3.05, 3.63) is 71.4 Å². The van der Waals surface area contributed by atoms with Crippen molar-refractivity contribution in [3.63, 3.8) is 0 Å². The van der Waals surface area contributed by atoms with E-state index in [0.717, 1.165) is 30.2 Å². The summed E-state index contributed by atoms with van der Waals surface area (Å²) in [6.07, 6.45) is 1.06. The molecule has 4 rings (SSSR count). The van der Waals surface area contributed by atoms with Crippen molar-refractivity contribution < 1.29 is 0 Å². The van der Waals surface area contributed by atoms with Crippen molar-refractivity contribution in [2.75, 3.05) is 16.8 Å². The number of nitrogens with zero attached hydrogens (tertiary/aromatic N) is 3. The molecule has 24 heavy (non-hydrogen) atoms. The zero-order valence-corrected chi connectivity index (χ0v) is 14.0. The lowest BCUT2D eigenvalue weighted by molar-refractivity contribution is 0.959. The smallest absolute Gasteiger partial charge is 0.229 e. The molecule has 120 valence electrons. The van der Waals surface area contributed by atoms with Gasteiger partial charge in [-0.05, 0) is 44.0 Å². The second-order valence-corrected chi connectivity index (χ2v) is 6.21. The van der Waals surface area contributed by atoms with Gasteiger partial charge in [0.15, 0.2) is 0 Å². The predicted molar refractivity (Wildman–Crippen MR) is 98.4 cm³/mol. The van der Waals surface area contributed by atoms with Gasteiger partial charge in [-0.1, -0.05) is 35.9 Å². The van der Waals surface area contributed by atoms with E-state index in [0.29, 0.717) is 5.95 Å². The summed E-state index contributed by atoms with van der Waals surface area (Å²) in [7, 11) is 0. The van der Waals surface area contributed by atoms with Crippen LogP contribution in [0.25, 0.3) is 0 Å². The molecule has 0 amide bonds. The van der Waals surface area contributed by atoms with Crippen molar-refractivity contribution in [1.29, 1.82) is 0 Å². The Kier molecular flexibility index (Phi) is 3.65. The average Bonchev–Trinajstić information content (AvgIpc) is 3.01. The Morgan fingerprint density at radius 2 is 1.75 bits per heavy atom. The number of anilines is 4. The molecular weight excluding hydrogens is 296 g/mol. The van der Waals surface area contributed by atoms with Crippen LogP contribution in [0, 0.1) is 13.8 Å². The van der Waals surface area contributed by atoms with E-state index in [4.69, 9.17) is 4.98 Å². The van der Waals surface area contributed by atoms with Crippen molar-refractivity contribution in [1.82, 2.24) is 9.97 Å². The number of aryl methyl sites for hydroxylation is 2. The van der Waals surface area contributed by atoms with E-state index in [1.54, 1.807) is 0 Å². The van der Waals surface area contributed by atoms with Crippen LogP contribution in [-0.4, -0.2) is 16.5 Å². The third-order valence-corrected chi connectivity index (χ3v) is 4.31. The summed E-state index contributed by atoms with van der Waals surface area (Å²) < 4.78 is 0. The van der Waals surface area contributed by atoms with E-state index in [9.17, 15) is 0 Å². The lowest BCUT2D eigenvalue weighted by atomic mass is 10.2. The first-order valence-electron chi connectivity index (χ1n) is 8.24. The number of aromatic nitrogens is 2. The molecule has 1 aliphatic heterocycles. The zero-order chi connectivity index (χ0) is 16.5. The quantitative estimate of drug-likeness (QED) is 0.770. The fourth-order valence-electron chi connectivity index (χ4n) is 3.09. The standard InChI is InChI=1S/C20H20N4/c1-14-7-9-17(10-8-14)22-20-21-15(2)13-19(23-20)24-12-11-16-5-3-4-6-18(16)24/h3-10,13H,11-12H2,1-2H3,(H,21,22,23). The Balaban J connectivity index is 1.66. The maximum Gasteiger partial charge on any atom is 0.229 e. The fraction of sp³-hybridized carbons (Fsp3) is 0.200. The molecule has 0 aliphatic carbocycles. The van der Waals surface area contributed by atoms with Crippen LogP contribution in [0.2, 0.25) is 0 Å². The maximum atomic E-state index is 4.74. The summed E-state index contributed by atoms with van der Waals surface area (Å²) in [5.74, 6) is 1.58. The molecular formula is C20H20N4. The van der Waals surface area contributed by atoms with Crippen LogP contribution in [0.15, 0.2) is 54.6 Å². The van der Waals surface area contributed by atoms with Crippen molar-refractivity contribution in [3.8, 4) is 0 Å². The number of nitrogens with one attached hydrogen (secondary N) is 1. The summed E-state index contributed by atoms with van der Waals surface area (Å²) in [5, 5.41) is 3.31. The van der Waals surface area contributed by atoms with Crippen LogP contribution in [0.4, 0.5) is 23.1 Å². The molecule has 1 aliphatic rings. The van der Waals surface area contributed by atoms with E-state index in [1.807, 2.05) is 25.1 Å². The van der Waals surface area contributed by atoms with Gasteiger partial charge in [-0.15, -0.1) is 0 Å². The Morgan fingerprint density at radius 1 is 0.958 bits per heavy atom. The lowest BCUT2D eigenvalue weighted by Gasteiger charge is -2.19. The highest BCUT2D eigenvalue weighted by molar-refractivity contribution is 5.68. The zero-order valence-electron chi connectivity index (χ0n) is 14.0. The molecule has 0 unspecified atom stereocenters. The van der Waals surface area contributed by atoms with Crippen LogP contribution in [0.3, 0.4) is 0 Å². The molecule has 0 bridgehead atoms. The minimum atomic E-state index is 0.637. The molecule has 1 aromatic heterocycles. The van der Waals surface area contributed by atoms with E-state index >= 15 is 0 Å². The molecule has 0 atom stereocenters. The summed E-state index contributed by atoms with van der Waals surface area (Å²) in [4.78, 5) is 11.5. The van der Waals surface area contributed by atoms with Gasteiger partial charge in [0, 0.05) is 29.7 Å². The van der Waals surface area contributed by atoms with Gasteiger partial charge in [0.05, 0.1) is 0 Å². The molecule has 0 saturated carbocycles. The third-order valence-electron chi connectivity index (χ3n) is 4.31. The first-order valence-corrected chi connectivity index (χ1v) is 8.24. The van der Waals surface area contributed by atoms with Crippen molar-refractivity contribution in [2.45, 2.75) is 20.3 Å². The van der Waals surface area contributed by atoms with E-state index in [1.165, 1.54) is 16.8 Å². The van der Waals surface area contributed by atoms with Gasteiger partial charge in [0.1, 0.15) is 5.82 Å². The molecule has 0 fully saturated rings. The minimum Gasteiger partial charge on any atom is -0.326 e. The van der Waals surface area contributed by atoms with Crippen molar-refractivity contribution in [2.24, 2.45) is 0 Å². The minimum absolute atomic E-state index is 0.637. The molecule has 2 aromatic carbocycles. The van der Waals surface area contributed by atoms with Crippen LogP contribution >= 0.6 is 0 Å². The highest BCUT2D eigenvalue weighted by Gasteiger charge is 2.21. The highest BCUT2D eigenvalue weighted by atomic mass is 15.2. The molecule has 0 spiro atoms. The summed E-state index contributed by atoms with van der Waals surface area (Å²) in [6, 6.07) is 18.8. The maximum absolute atomic E-state index is 4.74. The van der Waals surface area contributed by atoms with Gasteiger partial charge in [-0.25, -0.2) is 4.98 Å². The second kappa shape index (κ2) is 5.96. The Labute approximate surface area is 142 Å². The topological polar surface area (TPSA) is 41.1 Å². The number of rotatable bonds is 3. The van der Waals surface area contributed by atoms with Crippen LogP contribution in [0.5, 0.6) is 0 Å². The predicted octanol–water partition coefficient (Wildman–Crippen LogP) is 4.53. The summed E-state index contributed by atoms with van der Waals surface area (Å²) >= 11 is 0.